The first-order valence-electron chi connectivity index (χ1n) is 12.2. The molecule has 1 aliphatic heterocycles. The predicted octanol–water partition coefficient (Wildman–Crippen LogP) is 4.94. The summed E-state index contributed by atoms with van der Waals surface area (Å²) in [5.74, 6) is 0.440. The van der Waals surface area contributed by atoms with Crippen molar-refractivity contribution in [1.82, 2.24) is 9.80 Å². The van der Waals surface area contributed by atoms with Crippen LogP contribution in [0.15, 0.2) is 18.2 Å². The molecule has 0 unspecified atom stereocenters. The summed E-state index contributed by atoms with van der Waals surface area (Å²) in [5.41, 5.74) is 1.44. The summed E-state index contributed by atoms with van der Waals surface area (Å²) in [7, 11) is 0. The smallest absolute Gasteiger partial charge is 0.227 e. The number of fused-ring (bicyclic) bond motifs is 1. The predicted molar refractivity (Wildman–Crippen MR) is 129 cm³/mol. The van der Waals surface area contributed by atoms with Crippen LogP contribution in [0.1, 0.15) is 66.4 Å². The molecule has 1 aliphatic rings. The van der Waals surface area contributed by atoms with E-state index in [2.05, 4.69) is 18.7 Å². The van der Waals surface area contributed by atoms with Crippen LogP contribution in [-0.4, -0.2) is 54.3 Å². The molecule has 1 aromatic carbocycles. The number of anilines is 1. The van der Waals surface area contributed by atoms with Crippen molar-refractivity contribution in [3.8, 4) is 0 Å². The van der Waals surface area contributed by atoms with Gasteiger partial charge < -0.3 is 14.7 Å². The first kappa shape index (κ1) is 26.3. The molecule has 32 heavy (non-hydrogen) atoms. The summed E-state index contributed by atoms with van der Waals surface area (Å²) in [4.78, 5) is 32.3. The van der Waals surface area contributed by atoms with Crippen LogP contribution < -0.4 is 4.90 Å². The van der Waals surface area contributed by atoms with E-state index in [0.717, 1.165) is 38.2 Å². The Bertz CT molecular complexity index is 763. The maximum absolute atomic E-state index is 14.2. The van der Waals surface area contributed by atoms with Crippen LogP contribution in [0.25, 0.3) is 0 Å². The van der Waals surface area contributed by atoms with Crippen molar-refractivity contribution >= 4 is 17.5 Å². The third-order valence-electron chi connectivity index (χ3n) is 5.76. The Morgan fingerprint density at radius 3 is 2.19 bits per heavy atom. The molecule has 6 heteroatoms. The van der Waals surface area contributed by atoms with Gasteiger partial charge in [0.15, 0.2) is 0 Å². The second-order valence-electron chi connectivity index (χ2n) is 10.2. The van der Waals surface area contributed by atoms with E-state index in [9.17, 15) is 14.0 Å². The minimum atomic E-state index is -0.341. The van der Waals surface area contributed by atoms with Crippen LogP contribution in [0.2, 0.25) is 0 Å². The van der Waals surface area contributed by atoms with E-state index in [1.165, 1.54) is 12.1 Å². The lowest BCUT2D eigenvalue weighted by Crippen LogP contribution is -2.40. The Morgan fingerprint density at radius 1 is 0.938 bits per heavy atom. The molecule has 0 aromatic heterocycles. The summed E-state index contributed by atoms with van der Waals surface area (Å²) in [6.45, 7) is 16.7. The highest BCUT2D eigenvalue weighted by Gasteiger charge is 2.25. The van der Waals surface area contributed by atoms with E-state index >= 15 is 0 Å². The molecular weight excluding hydrogens is 405 g/mol. The number of benzene rings is 1. The van der Waals surface area contributed by atoms with Crippen LogP contribution in [0, 0.1) is 23.6 Å². The van der Waals surface area contributed by atoms with Crippen molar-refractivity contribution in [2.75, 3.05) is 37.6 Å². The summed E-state index contributed by atoms with van der Waals surface area (Å²) < 4.78 is 14.2. The molecule has 0 saturated heterocycles. The van der Waals surface area contributed by atoms with Crippen LogP contribution in [0.4, 0.5) is 10.1 Å². The van der Waals surface area contributed by atoms with Gasteiger partial charge in [-0.3, -0.25) is 9.59 Å². The first-order chi connectivity index (χ1) is 15.1. The lowest BCUT2D eigenvalue weighted by atomic mass is 10.1. The number of carbonyl (C=O) groups excluding carboxylic acids is 2. The van der Waals surface area contributed by atoms with Crippen molar-refractivity contribution in [3.05, 3.63) is 29.6 Å². The molecule has 1 aromatic rings. The Morgan fingerprint density at radius 2 is 1.59 bits per heavy atom. The van der Waals surface area contributed by atoms with Gasteiger partial charge in [-0.15, -0.1) is 0 Å². The molecule has 0 radical (unpaired) electrons. The molecule has 1 heterocycles. The third kappa shape index (κ3) is 7.88. The average Bonchev–Trinajstić information content (AvgIpc) is 2.68. The minimum Gasteiger partial charge on any atom is -0.338 e. The van der Waals surface area contributed by atoms with Gasteiger partial charge in [-0.2, -0.15) is 0 Å². The van der Waals surface area contributed by atoms with Gasteiger partial charge in [0, 0.05) is 44.2 Å². The lowest BCUT2D eigenvalue weighted by molar-refractivity contribution is -0.135. The van der Waals surface area contributed by atoms with E-state index in [0.29, 0.717) is 37.5 Å². The van der Waals surface area contributed by atoms with Gasteiger partial charge in [0.25, 0.3) is 0 Å². The topological polar surface area (TPSA) is 43.9 Å². The summed E-state index contributed by atoms with van der Waals surface area (Å²) >= 11 is 0. The number of amides is 2. The van der Waals surface area contributed by atoms with Crippen molar-refractivity contribution in [1.29, 1.82) is 0 Å². The number of halogens is 1. The number of rotatable bonds is 5. The number of nitrogens with zero attached hydrogens (tertiary/aromatic N) is 3. The molecule has 0 bridgehead atoms. The molecular formula is C26H42FN3O2. The monoisotopic (exact) mass is 447 g/mol. The van der Waals surface area contributed by atoms with E-state index < -0.39 is 0 Å². The van der Waals surface area contributed by atoms with Gasteiger partial charge in [0.1, 0.15) is 5.82 Å². The maximum atomic E-state index is 14.2. The second kappa shape index (κ2) is 12.3. The Labute approximate surface area is 193 Å². The SMILES string of the molecule is CC(C)CC(=O)N1CCCN(CC(C)C)CCCN(C(=O)C(C)C)Cc2cc(F)ccc21. The zero-order valence-electron chi connectivity index (χ0n) is 20.9. The molecule has 180 valence electrons. The van der Waals surface area contributed by atoms with Crippen LogP contribution in [-0.2, 0) is 16.1 Å². The molecule has 2 amide bonds. The summed E-state index contributed by atoms with van der Waals surface area (Å²) in [6, 6.07) is 4.61. The molecule has 2 rings (SSSR count). The zero-order valence-corrected chi connectivity index (χ0v) is 20.9. The lowest BCUT2D eigenvalue weighted by Gasteiger charge is -2.33. The second-order valence-corrected chi connectivity index (χ2v) is 10.2. The van der Waals surface area contributed by atoms with Crippen molar-refractivity contribution < 1.29 is 14.0 Å². The molecule has 0 atom stereocenters. The normalized spacial score (nSPS) is 16.8. The van der Waals surface area contributed by atoms with E-state index in [4.69, 9.17) is 0 Å². The first-order valence-corrected chi connectivity index (χ1v) is 12.2. The highest BCUT2D eigenvalue weighted by atomic mass is 19.1. The fourth-order valence-corrected chi connectivity index (χ4v) is 4.37. The maximum Gasteiger partial charge on any atom is 0.227 e. The molecule has 0 saturated carbocycles. The van der Waals surface area contributed by atoms with Crippen molar-refractivity contribution in [2.45, 2.75) is 67.3 Å². The Balaban J connectivity index is 2.45. The molecule has 0 aliphatic carbocycles. The van der Waals surface area contributed by atoms with E-state index in [-0.39, 0.29) is 29.5 Å². The molecule has 0 spiro atoms. The minimum absolute atomic E-state index is 0.0575. The van der Waals surface area contributed by atoms with Gasteiger partial charge >= 0.3 is 0 Å². The third-order valence-corrected chi connectivity index (χ3v) is 5.76. The quantitative estimate of drug-likeness (QED) is 0.642. The summed E-state index contributed by atoms with van der Waals surface area (Å²) in [6.07, 6.45) is 2.19. The van der Waals surface area contributed by atoms with Crippen molar-refractivity contribution in [2.24, 2.45) is 17.8 Å². The number of hydrogen-bond acceptors (Lipinski definition) is 3. The standard InChI is InChI=1S/C26H42FN3O2/c1-19(2)15-25(31)30-14-8-12-28(17-20(3)4)11-7-13-29(26(32)21(5)6)18-22-16-23(27)9-10-24(22)30/h9-10,16,19-21H,7-8,11-15,17-18H2,1-6H3. The highest BCUT2D eigenvalue weighted by molar-refractivity contribution is 5.94. The van der Waals surface area contributed by atoms with Crippen LogP contribution >= 0.6 is 0 Å². The van der Waals surface area contributed by atoms with Gasteiger partial charge in [0.2, 0.25) is 11.8 Å². The van der Waals surface area contributed by atoms with E-state index in [1.54, 1.807) is 6.07 Å². The molecule has 0 fully saturated rings. The Kier molecular flexibility index (Phi) is 10.1. The fraction of sp³-hybridized carbons (Fsp3) is 0.692. The number of hydrogen-bond donors (Lipinski definition) is 0. The van der Waals surface area contributed by atoms with Crippen LogP contribution in [0.5, 0.6) is 0 Å². The average molecular weight is 448 g/mol. The van der Waals surface area contributed by atoms with Gasteiger partial charge in [-0.05, 0) is 61.5 Å². The zero-order chi connectivity index (χ0) is 23.8. The molecule has 0 N–H and O–H groups in total. The molecule has 5 nitrogen and oxygen atoms in total. The van der Waals surface area contributed by atoms with Gasteiger partial charge in [0.05, 0.1) is 0 Å². The highest BCUT2D eigenvalue weighted by Crippen LogP contribution is 2.26. The van der Waals surface area contributed by atoms with Crippen LogP contribution in [0.3, 0.4) is 0 Å². The van der Waals surface area contributed by atoms with Crippen molar-refractivity contribution in [3.63, 3.8) is 0 Å². The summed E-state index contributed by atoms with van der Waals surface area (Å²) in [5, 5.41) is 0. The fourth-order valence-electron chi connectivity index (χ4n) is 4.37. The number of carbonyl (C=O) groups is 2. The largest absolute Gasteiger partial charge is 0.338 e. The van der Waals surface area contributed by atoms with Gasteiger partial charge in [-0.1, -0.05) is 41.5 Å². The van der Waals surface area contributed by atoms with Gasteiger partial charge in [-0.25, -0.2) is 4.39 Å². The Hall–Kier alpha value is -1.95. The van der Waals surface area contributed by atoms with E-state index in [1.807, 2.05) is 37.5 Å².